The van der Waals surface area contributed by atoms with Gasteiger partial charge in [-0.3, -0.25) is 4.79 Å². The highest BCUT2D eigenvalue weighted by atomic mass is 35.5. The maximum absolute atomic E-state index is 12.9. The number of nitrogen functional groups attached to an aromatic ring is 1. The number of amides is 1. The zero-order chi connectivity index (χ0) is 22.9. The lowest BCUT2D eigenvalue weighted by Crippen LogP contribution is -2.54. The second-order valence-corrected chi connectivity index (χ2v) is 9.07. The molecule has 9 nitrogen and oxygen atoms in total. The summed E-state index contributed by atoms with van der Waals surface area (Å²) < 4.78 is 11.0. The van der Waals surface area contributed by atoms with Crippen LogP contribution in [0.4, 0.5) is 5.69 Å². The van der Waals surface area contributed by atoms with Crippen LogP contribution in [-0.4, -0.2) is 78.0 Å². The molecule has 1 aliphatic rings. The van der Waals surface area contributed by atoms with Crippen molar-refractivity contribution in [3.8, 4) is 5.75 Å². The molecule has 1 aromatic carbocycles. The van der Waals surface area contributed by atoms with Gasteiger partial charge < -0.3 is 30.9 Å². The Morgan fingerprint density at radius 3 is 2.76 bits per heavy atom. The molecule has 0 spiro atoms. The highest BCUT2D eigenvalue weighted by Crippen LogP contribution is 2.29. The summed E-state index contributed by atoms with van der Waals surface area (Å²) in [5, 5.41) is 4.23. The summed E-state index contributed by atoms with van der Waals surface area (Å²) >= 11 is 7.79. The van der Waals surface area contributed by atoms with Gasteiger partial charge >= 0.3 is 0 Å². The van der Waals surface area contributed by atoms with Crippen LogP contribution >= 0.6 is 23.4 Å². The predicted octanol–water partition coefficient (Wildman–Crippen LogP) is 2.29. The van der Waals surface area contributed by atoms with E-state index in [4.69, 9.17) is 26.8 Å². The number of likely N-dealkylation sites (tertiary alicyclic amines) is 1. The molecule has 182 valence electrons. The first-order valence-corrected chi connectivity index (χ1v) is 12.0. The second kappa shape index (κ2) is 13.6. The van der Waals surface area contributed by atoms with E-state index >= 15 is 0 Å². The summed E-state index contributed by atoms with van der Waals surface area (Å²) in [6, 6.07) is 4.84. The van der Waals surface area contributed by atoms with E-state index in [1.807, 2.05) is 6.07 Å². The number of methoxy groups -OCH3 is 2. The molecule has 0 unspecified atom stereocenters. The Kier molecular flexibility index (Phi) is 11.2. The lowest BCUT2D eigenvalue weighted by molar-refractivity contribution is 0.00611. The maximum Gasteiger partial charge on any atom is 0.255 e. The van der Waals surface area contributed by atoms with Gasteiger partial charge in [-0.25, -0.2) is 9.97 Å². The first kappa shape index (κ1) is 27.1. The monoisotopic (exact) mass is 497 g/mol. The Hall–Kier alpha value is -2.11. The van der Waals surface area contributed by atoms with E-state index in [-0.39, 0.29) is 23.5 Å². The van der Waals surface area contributed by atoms with Crippen molar-refractivity contribution in [2.24, 2.45) is 0 Å². The summed E-state index contributed by atoms with van der Waals surface area (Å²) in [5.41, 5.74) is 6.56. The fraction of sp³-hybridized carbons (Fsp3) is 0.500. The van der Waals surface area contributed by atoms with E-state index in [0.717, 1.165) is 49.8 Å². The minimum Gasteiger partial charge on any atom is -0.496 e. The molecule has 1 aliphatic heterocycles. The van der Waals surface area contributed by atoms with Crippen molar-refractivity contribution in [1.29, 1.82) is 0 Å². The number of hydrogen-bond acceptors (Lipinski definition) is 8. The van der Waals surface area contributed by atoms with Crippen LogP contribution in [0.1, 0.15) is 29.6 Å². The van der Waals surface area contributed by atoms with Gasteiger partial charge in [-0.1, -0.05) is 23.4 Å². The number of nitrogens with zero attached hydrogens (tertiary/aromatic N) is 3. The summed E-state index contributed by atoms with van der Waals surface area (Å²) in [6.45, 7) is 2.67. The summed E-state index contributed by atoms with van der Waals surface area (Å²) in [4.78, 5) is 23.7. The highest BCUT2D eigenvalue weighted by molar-refractivity contribution is 7.99. The summed E-state index contributed by atoms with van der Waals surface area (Å²) in [7, 11) is 3.19. The smallest absolute Gasteiger partial charge is 0.255 e. The number of hydrogen-bond donors (Lipinski definition) is 2. The number of unbranched alkanes of at least 4 members (excludes halogenated alkanes) is 1. The maximum atomic E-state index is 12.9. The Bertz CT molecular complexity index is 893. The second-order valence-electron chi connectivity index (χ2n) is 7.60. The minimum atomic E-state index is -0.246. The van der Waals surface area contributed by atoms with Crippen molar-refractivity contribution >= 4 is 35.0 Å². The van der Waals surface area contributed by atoms with Crippen LogP contribution in [-0.2, 0) is 4.74 Å². The third kappa shape index (κ3) is 7.72. The van der Waals surface area contributed by atoms with Gasteiger partial charge in [0.1, 0.15) is 5.75 Å². The Morgan fingerprint density at radius 1 is 1.30 bits per heavy atom. The van der Waals surface area contributed by atoms with Gasteiger partial charge in [0, 0.05) is 44.4 Å². The van der Waals surface area contributed by atoms with Crippen LogP contribution in [0.15, 0.2) is 35.7 Å². The van der Waals surface area contributed by atoms with Gasteiger partial charge in [0.2, 0.25) is 0 Å². The van der Waals surface area contributed by atoms with Crippen molar-refractivity contribution in [1.82, 2.24) is 20.2 Å². The number of ether oxygens (including phenoxy) is 2. The topological polar surface area (TPSA) is 134 Å². The molecule has 1 amide bonds. The first-order chi connectivity index (χ1) is 15.5. The predicted molar refractivity (Wildman–Crippen MR) is 131 cm³/mol. The average Bonchev–Trinajstić information content (AvgIpc) is 2.81. The van der Waals surface area contributed by atoms with E-state index in [1.165, 1.54) is 7.11 Å². The van der Waals surface area contributed by atoms with E-state index in [1.54, 1.807) is 43.4 Å². The number of halogens is 1. The fourth-order valence-corrected chi connectivity index (χ4v) is 4.68. The Morgan fingerprint density at radius 2 is 2.06 bits per heavy atom. The summed E-state index contributed by atoms with van der Waals surface area (Å²) in [6.07, 6.45) is 6.43. The molecule has 1 saturated heterocycles. The van der Waals surface area contributed by atoms with Crippen LogP contribution in [0, 0.1) is 0 Å². The molecule has 0 bridgehead atoms. The molecule has 2 aromatic rings. The lowest BCUT2D eigenvalue weighted by Gasteiger charge is -2.38. The molecule has 11 heteroatoms. The molecule has 0 saturated carbocycles. The Labute approximate surface area is 203 Å². The van der Waals surface area contributed by atoms with Crippen LogP contribution in [0.3, 0.4) is 0 Å². The number of carbonyl (C=O) groups is 1. The number of benzene rings is 1. The van der Waals surface area contributed by atoms with Gasteiger partial charge in [0.15, 0.2) is 5.16 Å². The van der Waals surface area contributed by atoms with Crippen LogP contribution in [0.2, 0.25) is 5.02 Å². The third-order valence-electron chi connectivity index (χ3n) is 5.47. The number of nitrogens with two attached hydrogens (primary N) is 1. The molecule has 3 rings (SSSR count). The number of nitrogens with one attached hydrogen (secondary N) is 1. The third-order valence-corrected chi connectivity index (χ3v) is 6.76. The Balaban J connectivity index is 0.00000385. The zero-order valence-corrected chi connectivity index (χ0v) is 20.5. The molecule has 1 fully saturated rings. The number of piperidine rings is 1. The molecule has 2 atom stereocenters. The van der Waals surface area contributed by atoms with Crippen molar-refractivity contribution in [3.05, 3.63) is 41.2 Å². The van der Waals surface area contributed by atoms with E-state index in [9.17, 15) is 4.79 Å². The minimum absolute atomic E-state index is 0. The van der Waals surface area contributed by atoms with E-state index < -0.39 is 0 Å². The number of thioether (sulfide) groups is 1. The summed E-state index contributed by atoms with van der Waals surface area (Å²) in [5.74, 6) is 1.15. The molecule has 1 aromatic heterocycles. The van der Waals surface area contributed by atoms with Crippen LogP contribution in [0.25, 0.3) is 0 Å². The first-order valence-electron chi connectivity index (χ1n) is 10.6. The largest absolute Gasteiger partial charge is 0.496 e. The number of aromatic nitrogens is 2. The average molecular weight is 498 g/mol. The molecule has 5 N–H and O–H groups in total. The van der Waals surface area contributed by atoms with Crippen molar-refractivity contribution in [3.63, 3.8) is 0 Å². The van der Waals surface area contributed by atoms with Crippen LogP contribution < -0.4 is 15.8 Å². The van der Waals surface area contributed by atoms with E-state index in [2.05, 4.69) is 20.2 Å². The molecular formula is C22H32ClN5O4S. The quantitative estimate of drug-likeness (QED) is 0.221. The van der Waals surface area contributed by atoms with Crippen molar-refractivity contribution < 1.29 is 19.7 Å². The van der Waals surface area contributed by atoms with Crippen molar-refractivity contribution in [2.75, 3.05) is 45.3 Å². The lowest BCUT2D eigenvalue weighted by atomic mass is 10.0. The normalized spacial score (nSPS) is 18.4. The van der Waals surface area contributed by atoms with Gasteiger partial charge in [-0.15, -0.1) is 0 Å². The van der Waals surface area contributed by atoms with Gasteiger partial charge in [0.05, 0.1) is 35.5 Å². The molecule has 2 heterocycles. The standard InChI is InChI=1S/C22H30ClN5O3S.H2O/c1-30-19-13-17(24)16(23)12-15(19)21(29)27-18-6-10-28(14-20(18)31-2)9-3-4-11-32-22-25-7-5-8-26-22;/h5,7-8,12-13,18,20H,3-4,6,9-11,14,24H2,1-2H3,(H,27,29);1H2/t18-,20+;/m0./s1. The number of anilines is 1. The highest BCUT2D eigenvalue weighted by Gasteiger charge is 2.31. The molecule has 0 radical (unpaired) electrons. The van der Waals surface area contributed by atoms with E-state index in [0.29, 0.717) is 22.0 Å². The zero-order valence-electron chi connectivity index (χ0n) is 18.9. The number of rotatable bonds is 10. The van der Waals surface area contributed by atoms with Gasteiger partial charge in [0.25, 0.3) is 5.91 Å². The molecule has 0 aliphatic carbocycles. The van der Waals surface area contributed by atoms with Gasteiger partial charge in [-0.2, -0.15) is 0 Å². The van der Waals surface area contributed by atoms with Gasteiger partial charge in [-0.05, 0) is 37.9 Å². The SMILES string of the molecule is COc1cc(N)c(Cl)cc1C(=O)N[C@H]1CCN(CCCCSc2ncccn2)C[C@H]1OC.O. The van der Waals surface area contributed by atoms with Crippen LogP contribution in [0.5, 0.6) is 5.75 Å². The number of carbonyl (C=O) groups excluding carboxylic acids is 1. The molecular weight excluding hydrogens is 466 g/mol. The molecule has 33 heavy (non-hydrogen) atoms. The van der Waals surface area contributed by atoms with Crippen molar-refractivity contribution in [2.45, 2.75) is 36.6 Å². The fourth-order valence-electron chi connectivity index (χ4n) is 3.71.